The number of H-pyrrole nitrogens is 1. The molecule has 1 aliphatic heterocycles. The molecule has 2 aromatic heterocycles. The number of benzene rings is 1. The third kappa shape index (κ3) is 2.75. The molecule has 130 valence electrons. The van der Waals surface area contributed by atoms with E-state index in [4.69, 9.17) is 4.42 Å². The quantitative estimate of drug-likeness (QED) is 0.793. The van der Waals surface area contributed by atoms with Crippen molar-refractivity contribution in [1.29, 1.82) is 0 Å². The molecule has 0 atom stereocenters. The number of piperidine rings is 1. The van der Waals surface area contributed by atoms with Crippen LogP contribution in [-0.2, 0) is 6.54 Å². The molecule has 1 saturated heterocycles. The highest BCUT2D eigenvalue weighted by molar-refractivity contribution is 5.97. The van der Waals surface area contributed by atoms with Crippen molar-refractivity contribution in [2.45, 2.75) is 32.2 Å². The lowest BCUT2D eigenvalue weighted by Gasteiger charge is -2.30. The molecular weight excluding hydrogens is 320 g/mol. The minimum atomic E-state index is -0.145. The van der Waals surface area contributed by atoms with Crippen LogP contribution in [0.15, 0.2) is 39.9 Å². The van der Waals surface area contributed by atoms with Crippen LogP contribution in [-0.4, -0.2) is 38.4 Å². The molecule has 0 bridgehead atoms. The third-order valence-corrected chi connectivity index (χ3v) is 4.92. The Hall–Kier alpha value is -2.83. The maximum Gasteiger partial charge on any atom is 0.326 e. The lowest BCUT2D eigenvalue weighted by Crippen LogP contribution is -2.38. The Bertz CT molecular complexity index is 947. The molecule has 1 N–H and O–H groups in total. The van der Waals surface area contributed by atoms with E-state index < -0.39 is 0 Å². The largest absolute Gasteiger partial charge is 0.449 e. The molecule has 0 spiro atoms. The molecule has 0 aliphatic carbocycles. The second kappa shape index (κ2) is 6.23. The van der Waals surface area contributed by atoms with E-state index in [1.807, 2.05) is 17.9 Å². The molecule has 25 heavy (non-hydrogen) atoms. The predicted octanol–water partition coefficient (Wildman–Crippen LogP) is 2.36. The Morgan fingerprint density at radius 2 is 2.16 bits per heavy atom. The van der Waals surface area contributed by atoms with Gasteiger partial charge in [0.2, 0.25) is 0 Å². The maximum atomic E-state index is 12.8. The van der Waals surface area contributed by atoms with Gasteiger partial charge in [0.1, 0.15) is 6.26 Å². The van der Waals surface area contributed by atoms with E-state index in [1.165, 1.54) is 0 Å². The zero-order valence-corrected chi connectivity index (χ0v) is 14.1. The van der Waals surface area contributed by atoms with Gasteiger partial charge in [-0.25, -0.2) is 9.78 Å². The van der Waals surface area contributed by atoms with Crippen molar-refractivity contribution in [3.63, 3.8) is 0 Å². The Morgan fingerprint density at radius 1 is 1.36 bits per heavy atom. The smallest absolute Gasteiger partial charge is 0.326 e. The van der Waals surface area contributed by atoms with Crippen LogP contribution in [0.3, 0.4) is 0 Å². The Balaban J connectivity index is 1.51. The van der Waals surface area contributed by atoms with Gasteiger partial charge in [-0.2, -0.15) is 0 Å². The summed E-state index contributed by atoms with van der Waals surface area (Å²) < 4.78 is 7.03. The van der Waals surface area contributed by atoms with Crippen molar-refractivity contribution in [2.75, 3.05) is 13.1 Å². The molecule has 0 saturated carbocycles. The molecule has 3 aromatic rings. The minimum Gasteiger partial charge on any atom is -0.449 e. The first kappa shape index (κ1) is 15.7. The lowest BCUT2D eigenvalue weighted by atomic mass is 9.96. The van der Waals surface area contributed by atoms with E-state index in [1.54, 1.807) is 29.2 Å². The average Bonchev–Trinajstić information content (AvgIpc) is 3.27. The van der Waals surface area contributed by atoms with Crippen molar-refractivity contribution in [1.82, 2.24) is 19.4 Å². The number of carbonyl (C=O) groups excluding carboxylic acids is 1. The Morgan fingerprint density at radius 3 is 2.84 bits per heavy atom. The summed E-state index contributed by atoms with van der Waals surface area (Å²) in [6, 6.07) is 5.40. The highest BCUT2D eigenvalue weighted by atomic mass is 16.3. The number of aromatic amines is 1. The number of carbonyl (C=O) groups is 1. The molecular formula is C18H20N4O3. The standard InChI is InChI=1S/C18H20N4O3/c1-2-22-15-4-3-13(11-14(15)20-18(22)24)17(23)21-8-5-12(6-9-21)16-19-7-10-25-16/h3-4,7,10-12H,2,5-6,8-9H2,1H3,(H,20,24). The molecule has 1 amide bonds. The van der Waals surface area contributed by atoms with Crippen molar-refractivity contribution >= 4 is 16.9 Å². The topological polar surface area (TPSA) is 84.1 Å². The highest BCUT2D eigenvalue weighted by Crippen LogP contribution is 2.27. The Labute approximate surface area is 144 Å². The number of nitrogens with one attached hydrogen (secondary N) is 1. The first-order chi connectivity index (χ1) is 12.2. The fourth-order valence-corrected chi connectivity index (χ4v) is 3.56. The summed E-state index contributed by atoms with van der Waals surface area (Å²) in [5, 5.41) is 0. The summed E-state index contributed by atoms with van der Waals surface area (Å²) >= 11 is 0. The van der Waals surface area contributed by atoms with E-state index >= 15 is 0 Å². The van der Waals surface area contributed by atoms with Gasteiger partial charge in [0.25, 0.3) is 5.91 Å². The van der Waals surface area contributed by atoms with Crippen LogP contribution in [0, 0.1) is 0 Å². The number of fused-ring (bicyclic) bond motifs is 1. The predicted molar refractivity (Wildman–Crippen MR) is 92.6 cm³/mol. The number of amides is 1. The highest BCUT2D eigenvalue weighted by Gasteiger charge is 2.27. The number of hydrogen-bond acceptors (Lipinski definition) is 4. The van der Waals surface area contributed by atoms with Gasteiger partial charge in [0.15, 0.2) is 5.89 Å². The van der Waals surface area contributed by atoms with Crippen LogP contribution in [0.5, 0.6) is 0 Å². The summed E-state index contributed by atoms with van der Waals surface area (Å²) in [5.74, 6) is 1.03. The molecule has 1 fully saturated rings. The normalized spacial score (nSPS) is 15.8. The summed E-state index contributed by atoms with van der Waals surface area (Å²) in [7, 11) is 0. The zero-order chi connectivity index (χ0) is 17.4. The number of rotatable bonds is 3. The van der Waals surface area contributed by atoms with Crippen molar-refractivity contribution < 1.29 is 9.21 Å². The summed E-state index contributed by atoms with van der Waals surface area (Å²) in [4.78, 5) is 33.6. The molecule has 1 aliphatic rings. The second-order valence-corrected chi connectivity index (χ2v) is 6.34. The number of likely N-dealkylation sites (tertiary alicyclic amines) is 1. The van der Waals surface area contributed by atoms with Gasteiger partial charge in [-0.3, -0.25) is 9.36 Å². The number of aryl methyl sites for hydroxylation is 1. The van der Waals surface area contributed by atoms with Gasteiger partial charge < -0.3 is 14.3 Å². The molecule has 0 radical (unpaired) electrons. The summed E-state index contributed by atoms with van der Waals surface area (Å²) in [6.45, 7) is 3.87. The van der Waals surface area contributed by atoms with E-state index in [0.29, 0.717) is 30.7 Å². The third-order valence-electron chi connectivity index (χ3n) is 4.92. The number of hydrogen-bond donors (Lipinski definition) is 1. The molecule has 0 unspecified atom stereocenters. The van der Waals surface area contributed by atoms with Crippen LogP contribution >= 0.6 is 0 Å². The fraction of sp³-hybridized carbons (Fsp3) is 0.389. The summed E-state index contributed by atoms with van der Waals surface area (Å²) in [5.41, 5.74) is 1.99. The second-order valence-electron chi connectivity index (χ2n) is 6.34. The SMILES string of the molecule is CCn1c(=O)[nH]c2cc(C(=O)N3CCC(c4ncco4)CC3)ccc21. The fourth-order valence-electron chi connectivity index (χ4n) is 3.56. The van der Waals surface area contributed by atoms with Gasteiger partial charge in [-0.05, 0) is 38.0 Å². The van der Waals surface area contributed by atoms with Crippen LogP contribution in [0.4, 0.5) is 0 Å². The van der Waals surface area contributed by atoms with Gasteiger partial charge in [-0.1, -0.05) is 0 Å². The first-order valence-electron chi connectivity index (χ1n) is 8.58. The monoisotopic (exact) mass is 340 g/mol. The number of oxazole rings is 1. The van der Waals surface area contributed by atoms with E-state index in [0.717, 1.165) is 24.2 Å². The van der Waals surface area contributed by atoms with Crippen molar-refractivity contribution in [3.05, 3.63) is 52.6 Å². The van der Waals surface area contributed by atoms with E-state index in [9.17, 15) is 9.59 Å². The zero-order valence-electron chi connectivity index (χ0n) is 14.1. The summed E-state index contributed by atoms with van der Waals surface area (Å²) in [6.07, 6.45) is 4.94. The average molecular weight is 340 g/mol. The Kier molecular flexibility index (Phi) is 3.91. The number of aromatic nitrogens is 3. The molecule has 7 nitrogen and oxygen atoms in total. The molecule has 4 rings (SSSR count). The van der Waals surface area contributed by atoms with Gasteiger partial charge in [0, 0.05) is 31.1 Å². The van der Waals surface area contributed by atoms with Crippen molar-refractivity contribution in [3.8, 4) is 0 Å². The number of imidazole rings is 1. The van der Waals surface area contributed by atoms with Crippen LogP contribution in [0.2, 0.25) is 0 Å². The maximum absolute atomic E-state index is 12.8. The van der Waals surface area contributed by atoms with Gasteiger partial charge in [-0.15, -0.1) is 0 Å². The van der Waals surface area contributed by atoms with E-state index in [-0.39, 0.29) is 17.5 Å². The van der Waals surface area contributed by atoms with Crippen LogP contribution < -0.4 is 5.69 Å². The van der Waals surface area contributed by atoms with Gasteiger partial charge in [0.05, 0.1) is 17.2 Å². The first-order valence-corrected chi connectivity index (χ1v) is 8.58. The van der Waals surface area contributed by atoms with Crippen LogP contribution in [0.1, 0.15) is 41.9 Å². The minimum absolute atomic E-state index is 0.00199. The number of nitrogens with zero attached hydrogens (tertiary/aromatic N) is 3. The molecule has 1 aromatic carbocycles. The molecule has 7 heteroatoms. The van der Waals surface area contributed by atoms with E-state index in [2.05, 4.69) is 9.97 Å². The lowest BCUT2D eigenvalue weighted by molar-refractivity contribution is 0.0706. The van der Waals surface area contributed by atoms with Gasteiger partial charge >= 0.3 is 5.69 Å². The van der Waals surface area contributed by atoms with Crippen molar-refractivity contribution in [2.24, 2.45) is 0 Å². The molecule has 3 heterocycles. The van der Waals surface area contributed by atoms with Crippen LogP contribution in [0.25, 0.3) is 11.0 Å².